The summed E-state index contributed by atoms with van der Waals surface area (Å²) in [6.45, 7) is 7.12. The normalized spacial score (nSPS) is 20.5. The van der Waals surface area contributed by atoms with Gasteiger partial charge in [0.15, 0.2) is 11.5 Å². The molecule has 0 radical (unpaired) electrons. The first kappa shape index (κ1) is 22.3. The van der Waals surface area contributed by atoms with Crippen molar-refractivity contribution in [2.45, 2.75) is 44.8 Å². The summed E-state index contributed by atoms with van der Waals surface area (Å²) in [6, 6.07) is 6.14. The van der Waals surface area contributed by atoms with E-state index in [-0.39, 0.29) is 0 Å². The van der Waals surface area contributed by atoms with E-state index in [1.54, 1.807) is 14.2 Å². The second kappa shape index (κ2) is 11.7. The Labute approximate surface area is 175 Å². The van der Waals surface area contributed by atoms with Crippen LogP contribution in [0.25, 0.3) is 0 Å². The summed E-state index contributed by atoms with van der Waals surface area (Å²) in [5.74, 6) is 2.13. The molecular weight excluding hydrogens is 368 g/mol. The number of rotatable bonds is 10. The van der Waals surface area contributed by atoms with Crippen LogP contribution in [0.15, 0.2) is 18.2 Å². The number of nitrogens with zero attached hydrogens (tertiary/aromatic N) is 2. The van der Waals surface area contributed by atoms with Crippen molar-refractivity contribution >= 4 is 0 Å². The molecule has 0 aromatic heterocycles. The van der Waals surface area contributed by atoms with Crippen LogP contribution in [0.3, 0.4) is 0 Å². The van der Waals surface area contributed by atoms with Crippen molar-refractivity contribution in [2.24, 2.45) is 5.92 Å². The van der Waals surface area contributed by atoms with Gasteiger partial charge in [-0.05, 0) is 75.5 Å². The lowest BCUT2D eigenvalue weighted by Crippen LogP contribution is -2.38. The van der Waals surface area contributed by atoms with Gasteiger partial charge >= 0.3 is 0 Å². The van der Waals surface area contributed by atoms with E-state index >= 15 is 0 Å². The van der Waals surface area contributed by atoms with Gasteiger partial charge in [0.25, 0.3) is 0 Å². The average Bonchev–Trinajstić information content (AvgIpc) is 2.75. The molecule has 0 aliphatic carbocycles. The first-order valence-corrected chi connectivity index (χ1v) is 11.1. The summed E-state index contributed by atoms with van der Waals surface area (Å²) in [5.41, 5.74) is 1.22. The minimum absolute atomic E-state index is 0.290. The van der Waals surface area contributed by atoms with Crippen molar-refractivity contribution in [1.29, 1.82) is 0 Å². The first-order chi connectivity index (χ1) is 14.2. The Morgan fingerprint density at radius 2 is 1.76 bits per heavy atom. The number of ether oxygens (including phenoxy) is 3. The number of aliphatic hydroxyl groups excluding tert-OH is 1. The lowest BCUT2D eigenvalue weighted by Gasteiger charge is -2.31. The van der Waals surface area contributed by atoms with Crippen molar-refractivity contribution in [3.8, 4) is 11.5 Å². The van der Waals surface area contributed by atoms with Gasteiger partial charge in [-0.15, -0.1) is 0 Å². The minimum atomic E-state index is -0.485. The standard InChI is InChI=1S/C23H38N2O4/c1-27-17-19-8-12-25(13-9-19)15-20-6-7-22(28-2)23(14-20)29-18-21(26)16-24-10-4-3-5-11-24/h6-7,14,19,21,26H,3-5,8-13,15-18H2,1-2H3/t21-/m1/s1. The summed E-state index contributed by atoms with van der Waals surface area (Å²) < 4.78 is 16.7. The Hall–Kier alpha value is -1.34. The first-order valence-electron chi connectivity index (χ1n) is 11.1. The van der Waals surface area contributed by atoms with Crippen molar-refractivity contribution in [3.05, 3.63) is 23.8 Å². The molecule has 164 valence electrons. The van der Waals surface area contributed by atoms with Crippen LogP contribution in [-0.4, -0.2) is 81.2 Å². The predicted octanol–water partition coefficient (Wildman–Crippen LogP) is 2.78. The van der Waals surface area contributed by atoms with E-state index in [4.69, 9.17) is 14.2 Å². The van der Waals surface area contributed by atoms with E-state index in [9.17, 15) is 5.11 Å². The Kier molecular flexibility index (Phi) is 9.05. The van der Waals surface area contributed by atoms with Crippen LogP contribution in [0.2, 0.25) is 0 Å². The molecule has 6 heteroatoms. The number of benzene rings is 1. The zero-order valence-electron chi connectivity index (χ0n) is 18.1. The van der Waals surface area contributed by atoms with E-state index < -0.39 is 6.10 Å². The monoisotopic (exact) mass is 406 g/mol. The van der Waals surface area contributed by atoms with Crippen LogP contribution in [0, 0.1) is 5.92 Å². The summed E-state index contributed by atoms with van der Waals surface area (Å²) in [4.78, 5) is 4.82. The molecule has 0 amide bonds. The minimum Gasteiger partial charge on any atom is -0.493 e. The summed E-state index contributed by atoms with van der Waals surface area (Å²) >= 11 is 0. The lowest BCUT2D eigenvalue weighted by molar-refractivity contribution is 0.0607. The van der Waals surface area contributed by atoms with Gasteiger partial charge in [0.05, 0.1) is 7.11 Å². The Morgan fingerprint density at radius 1 is 1.00 bits per heavy atom. The second-order valence-electron chi connectivity index (χ2n) is 8.49. The molecule has 29 heavy (non-hydrogen) atoms. The largest absolute Gasteiger partial charge is 0.493 e. The van der Waals surface area contributed by atoms with Crippen molar-refractivity contribution in [2.75, 3.05) is 60.2 Å². The summed E-state index contributed by atoms with van der Waals surface area (Å²) in [6.07, 6.45) is 5.66. The van der Waals surface area contributed by atoms with E-state index in [1.807, 2.05) is 6.07 Å². The fourth-order valence-electron chi connectivity index (χ4n) is 4.42. The molecule has 2 heterocycles. The fourth-order valence-corrected chi connectivity index (χ4v) is 4.42. The molecular formula is C23H38N2O4. The highest BCUT2D eigenvalue weighted by molar-refractivity contribution is 5.43. The zero-order valence-corrected chi connectivity index (χ0v) is 18.1. The second-order valence-corrected chi connectivity index (χ2v) is 8.49. The van der Waals surface area contributed by atoms with Gasteiger partial charge in [0.2, 0.25) is 0 Å². The van der Waals surface area contributed by atoms with Crippen LogP contribution in [-0.2, 0) is 11.3 Å². The van der Waals surface area contributed by atoms with Gasteiger partial charge in [-0.25, -0.2) is 0 Å². The Morgan fingerprint density at radius 3 is 2.45 bits per heavy atom. The quantitative estimate of drug-likeness (QED) is 0.645. The fraction of sp³-hybridized carbons (Fsp3) is 0.739. The highest BCUT2D eigenvalue weighted by Gasteiger charge is 2.20. The van der Waals surface area contributed by atoms with Crippen LogP contribution in [0.1, 0.15) is 37.7 Å². The van der Waals surface area contributed by atoms with Gasteiger partial charge in [-0.3, -0.25) is 4.90 Å². The number of hydrogen-bond acceptors (Lipinski definition) is 6. The predicted molar refractivity (Wildman–Crippen MR) is 115 cm³/mol. The molecule has 6 nitrogen and oxygen atoms in total. The molecule has 1 aromatic carbocycles. The van der Waals surface area contributed by atoms with Gasteiger partial charge < -0.3 is 24.2 Å². The van der Waals surface area contributed by atoms with E-state index in [0.29, 0.717) is 19.1 Å². The van der Waals surface area contributed by atoms with Gasteiger partial charge in [0.1, 0.15) is 12.7 Å². The number of likely N-dealkylation sites (tertiary alicyclic amines) is 2. The van der Waals surface area contributed by atoms with Gasteiger partial charge in [-0.1, -0.05) is 12.5 Å². The van der Waals surface area contributed by atoms with Gasteiger partial charge in [0, 0.05) is 26.8 Å². The topological polar surface area (TPSA) is 54.4 Å². The third kappa shape index (κ3) is 7.14. The number of aliphatic hydroxyl groups is 1. The zero-order chi connectivity index (χ0) is 20.5. The molecule has 1 aromatic rings. The molecule has 2 saturated heterocycles. The number of β-amino-alcohol motifs (C(OH)–C–C–N with tert-alkyl or cyclic N) is 1. The third-order valence-electron chi connectivity index (χ3n) is 6.09. The maximum absolute atomic E-state index is 10.4. The lowest BCUT2D eigenvalue weighted by atomic mass is 9.97. The van der Waals surface area contributed by atoms with E-state index in [2.05, 4.69) is 21.9 Å². The van der Waals surface area contributed by atoms with Crippen molar-refractivity contribution in [3.63, 3.8) is 0 Å². The molecule has 0 spiro atoms. The maximum Gasteiger partial charge on any atom is 0.161 e. The highest BCUT2D eigenvalue weighted by atomic mass is 16.5. The summed E-state index contributed by atoms with van der Waals surface area (Å²) in [7, 11) is 3.45. The molecule has 2 aliphatic rings. The van der Waals surface area contributed by atoms with Crippen molar-refractivity contribution in [1.82, 2.24) is 9.80 Å². The SMILES string of the molecule is COCC1CCN(Cc2ccc(OC)c(OC[C@H](O)CN3CCCCC3)c2)CC1. The third-order valence-corrected chi connectivity index (χ3v) is 6.09. The van der Waals surface area contributed by atoms with E-state index in [1.165, 1.54) is 37.7 Å². The Balaban J connectivity index is 1.50. The average molecular weight is 407 g/mol. The van der Waals surface area contributed by atoms with Crippen molar-refractivity contribution < 1.29 is 19.3 Å². The van der Waals surface area contributed by atoms with E-state index in [0.717, 1.165) is 50.8 Å². The molecule has 2 aliphatic heterocycles. The molecule has 1 atom stereocenters. The van der Waals surface area contributed by atoms with Crippen LogP contribution in [0.4, 0.5) is 0 Å². The molecule has 0 unspecified atom stereocenters. The molecule has 2 fully saturated rings. The number of hydrogen-bond donors (Lipinski definition) is 1. The number of piperidine rings is 2. The summed E-state index contributed by atoms with van der Waals surface area (Å²) in [5, 5.41) is 10.4. The number of methoxy groups -OCH3 is 2. The van der Waals surface area contributed by atoms with Crippen LogP contribution >= 0.6 is 0 Å². The molecule has 3 rings (SSSR count). The Bertz CT molecular complexity index is 599. The van der Waals surface area contributed by atoms with Crippen LogP contribution < -0.4 is 9.47 Å². The molecule has 0 saturated carbocycles. The maximum atomic E-state index is 10.4. The van der Waals surface area contributed by atoms with Crippen LogP contribution in [0.5, 0.6) is 11.5 Å². The van der Waals surface area contributed by atoms with Gasteiger partial charge in [-0.2, -0.15) is 0 Å². The molecule has 1 N–H and O–H groups in total. The smallest absolute Gasteiger partial charge is 0.161 e. The highest BCUT2D eigenvalue weighted by Crippen LogP contribution is 2.29. The molecule has 0 bridgehead atoms.